The molecule has 1 unspecified atom stereocenters. The van der Waals surface area contributed by atoms with Gasteiger partial charge in [0.15, 0.2) is 0 Å². The Morgan fingerprint density at radius 2 is 2.00 bits per heavy atom. The maximum atomic E-state index is 11.2. The van der Waals surface area contributed by atoms with Gasteiger partial charge in [-0.1, -0.05) is 35.0 Å². The summed E-state index contributed by atoms with van der Waals surface area (Å²) in [6, 6.07) is 7.87. The number of carbonyl (C=O) groups is 1. The first-order valence-corrected chi connectivity index (χ1v) is 7.54. The van der Waals surface area contributed by atoms with Gasteiger partial charge in [0.25, 0.3) is 0 Å². The van der Waals surface area contributed by atoms with Gasteiger partial charge in [-0.25, -0.2) is 0 Å². The van der Waals surface area contributed by atoms with Crippen molar-refractivity contribution in [3.8, 4) is 5.75 Å². The van der Waals surface area contributed by atoms with Gasteiger partial charge in [-0.2, -0.15) is 0 Å². The molecule has 0 spiro atoms. The van der Waals surface area contributed by atoms with E-state index in [1.54, 1.807) is 0 Å². The predicted octanol–water partition coefficient (Wildman–Crippen LogP) is 3.73. The number of halogens is 1. The van der Waals surface area contributed by atoms with E-state index < -0.39 is 0 Å². The minimum absolute atomic E-state index is 0.144. The molecule has 0 saturated heterocycles. The van der Waals surface area contributed by atoms with Crippen LogP contribution in [0.4, 0.5) is 0 Å². The number of carbonyl (C=O) groups excluding carboxylic acids is 1. The number of rotatable bonds is 8. The van der Waals surface area contributed by atoms with Gasteiger partial charge >= 0.3 is 5.97 Å². The van der Waals surface area contributed by atoms with E-state index in [1.807, 2.05) is 31.2 Å². The molecule has 0 bridgehead atoms. The Morgan fingerprint density at radius 3 is 2.58 bits per heavy atom. The second-order valence-electron chi connectivity index (χ2n) is 4.37. The molecule has 19 heavy (non-hydrogen) atoms. The van der Waals surface area contributed by atoms with Crippen LogP contribution in [0.5, 0.6) is 5.75 Å². The molecule has 1 aromatic rings. The maximum Gasteiger partial charge on any atom is 0.306 e. The number of hydrogen-bond acceptors (Lipinski definition) is 3. The number of esters is 1. The lowest BCUT2D eigenvalue weighted by Gasteiger charge is -2.08. The van der Waals surface area contributed by atoms with Crippen molar-refractivity contribution in [1.29, 1.82) is 0 Å². The lowest BCUT2D eigenvalue weighted by atomic mass is 10.1. The fourth-order valence-corrected chi connectivity index (χ4v) is 1.76. The SMILES string of the molecule is CCOC(=O)CCc1ccc(OCCC(C)Br)cc1. The van der Waals surface area contributed by atoms with Crippen LogP contribution in [-0.4, -0.2) is 24.0 Å². The molecule has 0 aliphatic heterocycles. The normalized spacial score (nSPS) is 11.9. The zero-order valence-electron chi connectivity index (χ0n) is 11.5. The van der Waals surface area contributed by atoms with Crippen LogP contribution in [0.3, 0.4) is 0 Å². The zero-order chi connectivity index (χ0) is 14.1. The van der Waals surface area contributed by atoms with Gasteiger partial charge in [-0.05, 0) is 37.5 Å². The Hall–Kier alpha value is -1.03. The number of alkyl halides is 1. The third kappa shape index (κ3) is 7.21. The van der Waals surface area contributed by atoms with Crippen LogP contribution in [0.25, 0.3) is 0 Å². The lowest BCUT2D eigenvalue weighted by Crippen LogP contribution is -2.05. The highest BCUT2D eigenvalue weighted by Crippen LogP contribution is 2.14. The highest BCUT2D eigenvalue weighted by Gasteiger charge is 2.03. The van der Waals surface area contributed by atoms with Gasteiger partial charge in [0, 0.05) is 11.2 Å². The number of aryl methyl sites for hydroxylation is 1. The fourth-order valence-electron chi connectivity index (χ4n) is 1.57. The topological polar surface area (TPSA) is 35.5 Å². The van der Waals surface area contributed by atoms with Crippen LogP contribution in [0.2, 0.25) is 0 Å². The quantitative estimate of drug-likeness (QED) is 0.538. The van der Waals surface area contributed by atoms with E-state index in [9.17, 15) is 4.79 Å². The smallest absolute Gasteiger partial charge is 0.306 e. The first-order valence-electron chi connectivity index (χ1n) is 6.63. The van der Waals surface area contributed by atoms with E-state index in [2.05, 4.69) is 22.9 Å². The molecular weight excluding hydrogens is 308 g/mol. The molecule has 1 aromatic carbocycles. The van der Waals surface area contributed by atoms with Crippen molar-refractivity contribution in [3.63, 3.8) is 0 Å². The molecule has 3 nitrogen and oxygen atoms in total. The van der Waals surface area contributed by atoms with Crippen LogP contribution in [-0.2, 0) is 16.0 Å². The van der Waals surface area contributed by atoms with Crippen molar-refractivity contribution in [3.05, 3.63) is 29.8 Å². The summed E-state index contributed by atoms with van der Waals surface area (Å²) in [5.41, 5.74) is 1.12. The summed E-state index contributed by atoms with van der Waals surface area (Å²) >= 11 is 3.48. The first kappa shape index (κ1) is 16.0. The minimum atomic E-state index is -0.144. The Balaban J connectivity index is 2.33. The molecule has 0 amide bonds. The number of ether oxygens (including phenoxy) is 2. The monoisotopic (exact) mass is 328 g/mol. The van der Waals surface area contributed by atoms with E-state index in [1.165, 1.54) is 0 Å². The Morgan fingerprint density at radius 1 is 1.32 bits per heavy atom. The van der Waals surface area contributed by atoms with Crippen LogP contribution in [0, 0.1) is 0 Å². The van der Waals surface area contributed by atoms with Crippen molar-refractivity contribution < 1.29 is 14.3 Å². The average molecular weight is 329 g/mol. The maximum absolute atomic E-state index is 11.2. The van der Waals surface area contributed by atoms with Gasteiger partial charge in [0.05, 0.1) is 13.2 Å². The molecule has 1 rings (SSSR count). The molecule has 0 N–H and O–H groups in total. The van der Waals surface area contributed by atoms with Crippen molar-refractivity contribution in [2.45, 2.75) is 37.9 Å². The Kier molecular flexibility index (Phi) is 7.56. The summed E-state index contributed by atoms with van der Waals surface area (Å²) in [5.74, 6) is 0.724. The van der Waals surface area contributed by atoms with E-state index in [0.717, 1.165) is 17.7 Å². The largest absolute Gasteiger partial charge is 0.494 e. The van der Waals surface area contributed by atoms with Gasteiger partial charge in [-0.3, -0.25) is 4.79 Å². The second kappa shape index (κ2) is 8.97. The predicted molar refractivity (Wildman–Crippen MR) is 79.9 cm³/mol. The van der Waals surface area contributed by atoms with Crippen molar-refractivity contribution in [1.82, 2.24) is 0 Å². The summed E-state index contributed by atoms with van der Waals surface area (Å²) < 4.78 is 10.5. The molecule has 0 saturated carbocycles. The minimum Gasteiger partial charge on any atom is -0.494 e. The highest BCUT2D eigenvalue weighted by atomic mass is 79.9. The molecule has 106 valence electrons. The molecule has 0 heterocycles. The summed E-state index contributed by atoms with van der Waals surface area (Å²) in [6.45, 7) is 5.06. The molecule has 0 aromatic heterocycles. The molecule has 1 atom stereocenters. The second-order valence-corrected chi connectivity index (χ2v) is 5.93. The number of hydrogen-bond donors (Lipinski definition) is 0. The fraction of sp³-hybridized carbons (Fsp3) is 0.533. The zero-order valence-corrected chi connectivity index (χ0v) is 13.1. The first-order chi connectivity index (χ1) is 9.11. The molecule has 0 aliphatic carbocycles. The lowest BCUT2D eigenvalue weighted by molar-refractivity contribution is -0.143. The third-order valence-corrected chi connectivity index (χ3v) is 3.09. The van der Waals surface area contributed by atoms with Crippen LogP contribution < -0.4 is 4.74 Å². The molecule has 0 radical (unpaired) electrons. The summed E-state index contributed by atoms with van der Waals surface area (Å²) in [6.07, 6.45) is 2.11. The van der Waals surface area contributed by atoms with Gasteiger partial charge in [-0.15, -0.1) is 0 Å². The molecular formula is C15H21BrO3. The summed E-state index contributed by atoms with van der Waals surface area (Å²) in [4.78, 5) is 11.7. The highest BCUT2D eigenvalue weighted by molar-refractivity contribution is 9.09. The summed E-state index contributed by atoms with van der Waals surface area (Å²) in [7, 11) is 0. The molecule has 4 heteroatoms. The molecule has 0 fully saturated rings. The van der Waals surface area contributed by atoms with Gasteiger partial charge in [0.1, 0.15) is 5.75 Å². The van der Waals surface area contributed by atoms with Crippen molar-refractivity contribution in [2.75, 3.05) is 13.2 Å². The Labute approximate surface area is 123 Å². The van der Waals surface area contributed by atoms with Crippen LogP contribution in [0.1, 0.15) is 32.3 Å². The summed E-state index contributed by atoms with van der Waals surface area (Å²) in [5, 5.41) is 0. The van der Waals surface area contributed by atoms with E-state index in [4.69, 9.17) is 9.47 Å². The van der Waals surface area contributed by atoms with E-state index in [-0.39, 0.29) is 5.97 Å². The average Bonchev–Trinajstić information content (AvgIpc) is 2.38. The standard InChI is InChI=1S/C15H21BrO3/c1-3-18-15(17)9-6-13-4-7-14(8-5-13)19-11-10-12(2)16/h4-5,7-8,12H,3,6,9-11H2,1-2H3. The third-order valence-electron chi connectivity index (χ3n) is 2.63. The van der Waals surface area contributed by atoms with Crippen molar-refractivity contribution >= 4 is 21.9 Å². The van der Waals surface area contributed by atoms with Crippen LogP contribution >= 0.6 is 15.9 Å². The molecule has 0 aliphatic rings. The van der Waals surface area contributed by atoms with Gasteiger partial charge in [0.2, 0.25) is 0 Å². The van der Waals surface area contributed by atoms with Gasteiger partial charge < -0.3 is 9.47 Å². The van der Waals surface area contributed by atoms with E-state index >= 15 is 0 Å². The van der Waals surface area contributed by atoms with Crippen LogP contribution in [0.15, 0.2) is 24.3 Å². The van der Waals surface area contributed by atoms with E-state index in [0.29, 0.717) is 30.9 Å². The number of benzene rings is 1. The Bertz CT molecular complexity index is 373. The van der Waals surface area contributed by atoms with Crippen molar-refractivity contribution in [2.24, 2.45) is 0 Å².